The summed E-state index contributed by atoms with van der Waals surface area (Å²) in [6.45, 7) is 2.39. The van der Waals surface area contributed by atoms with E-state index in [2.05, 4.69) is 10.6 Å². The van der Waals surface area contributed by atoms with Crippen molar-refractivity contribution in [2.45, 2.75) is 18.9 Å². The Kier molecular flexibility index (Phi) is 2.99. The van der Waals surface area contributed by atoms with E-state index in [-0.39, 0.29) is 5.82 Å². The van der Waals surface area contributed by atoms with Crippen LogP contribution in [0.15, 0.2) is 24.3 Å². The van der Waals surface area contributed by atoms with Gasteiger partial charge >= 0.3 is 0 Å². The van der Waals surface area contributed by atoms with Crippen molar-refractivity contribution < 1.29 is 9.71 Å². The van der Waals surface area contributed by atoms with Gasteiger partial charge in [0.15, 0.2) is 0 Å². The molecule has 3 heteroatoms. The van der Waals surface area contributed by atoms with Crippen LogP contribution < -0.4 is 10.6 Å². The maximum Gasteiger partial charge on any atom is 0.123 e. The maximum atomic E-state index is 12.6. The first-order valence-corrected chi connectivity index (χ1v) is 5.18. The number of anilines is 1. The lowest BCUT2D eigenvalue weighted by molar-refractivity contribution is -0.662. The summed E-state index contributed by atoms with van der Waals surface area (Å²) in [5, 5.41) is 5.76. The zero-order valence-electron chi connectivity index (χ0n) is 8.17. The maximum absolute atomic E-state index is 12.6. The molecule has 0 spiro atoms. The number of nitrogens with one attached hydrogen (secondary N) is 1. The summed E-state index contributed by atoms with van der Waals surface area (Å²) in [5.74, 6) is -0.174. The van der Waals surface area contributed by atoms with Crippen LogP contribution in [0.4, 0.5) is 10.1 Å². The van der Waals surface area contributed by atoms with E-state index in [0.717, 1.165) is 5.69 Å². The summed E-state index contributed by atoms with van der Waals surface area (Å²) in [5.41, 5.74) is 1.03. The molecule has 1 saturated heterocycles. The molecule has 0 bridgehead atoms. The monoisotopic (exact) mass is 195 g/mol. The average Bonchev–Trinajstić information content (AvgIpc) is 2.23. The van der Waals surface area contributed by atoms with Crippen molar-refractivity contribution in [1.29, 1.82) is 0 Å². The number of piperidine rings is 1. The smallest absolute Gasteiger partial charge is 0.123 e. The van der Waals surface area contributed by atoms with Crippen LogP contribution in [0.25, 0.3) is 0 Å². The van der Waals surface area contributed by atoms with Crippen LogP contribution in [0, 0.1) is 5.82 Å². The first-order chi connectivity index (χ1) is 6.84. The van der Waals surface area contributed by atoms with E-state index < -0.39 is 0 Å². The average molecular weight is 195 g/mol. The van der Waals surface area contributed by atoms with Gasteiger partial charge in [0.1, 0.15) is 5.82 Å². The lowest BCUT2D eigenvalue weighted by atomic mass is 10.1. The minimum absolute atomic E-state index is 0.174. The predicted octanol–water partition coefficient (Wildman–Crippen LogP) is 0.963. The van der Waals surface area contributed by atoms with Crippen LogP contribution in [-0.2, 0) is 0 Å². The highest BCUT2D eigenvalue weighted by atomic mass is 19.1. The molecular formula is C11H16FN2+. The Bertz CT molecular complexity index is 278. The molecule has 2 nitrogen and oxygen atoms in total. The Morgan fingerprint density at radius 2 is 1.79 bits per heavy atom. The van der Waals surface area contributed by atoms with Gasteiger partial charge in [-0.05, 0) is 24.3 Å². The fourth-order valence-corrected chi connectivity index (χ4v) is 1.85. The Hall–Kier alpha value is -1.09. The summed E-state index contributed by atoms with van der Waals surface area (Å²) >= 11 is 0. The first kappa shape index (κ1) is 9.46. The van der Waals surface area contributed by atoms with Crippen LogP contribution in [0.2, 0.25) is 0 Å². The number of quaternary nitrogens is 1. The van der Waals surface area contributed by atoms with Crippen molar-refractivity contribution in [3.8, 4) is 0 Å². The third-order valence-electron chi connectivity index (χ3n) is 2.65. The molecular weight excluding hydrogens is 179 g/mol. The number of hydrogen-bond acceptors (Lipinski definition) is 1. The van der Waals surface area contributed by atoms with Crippen LogP contribution in [0.1, 0.15) is 12.8 Å². The van der Waals surface area contributed by atoms with E-state index in [4.69, 9.17) is 0 Å². The van der Waals surface area contributed by atoms with Gasteiger partial charge in [0, 0.05) is 24.6 Å². The Labute approximate surface area is 83.5 Å². The van der Waals surface area contributed by atoms with E-state index >= 15 is 0 Å². The molecule has 76 valence electrons. The van der Waals surface area contributed by atoms with Crippen molar-refractivity contribution >= 4 is 5.69 Å². The molecule has 0 aliphatic carbocycles. The molecule has 0 atom stereocenters. The molecule has 14 heavy (non-hydrogen) atoms. The first-order valence-electron chi connectivity index (χ1n) is 5.18. The highest BCUT2D eigenvalue weighted by Gasteiger charge is 2.14. The topological polar surface area (TPSA) is 28.6 Å². The number of rotatable bonds is 2. The number of halogens is 1. The molecule has 0 aromatic heterocycles. The molecule has 0 unspecified atom stereocenters. The number of benzene rings is 1. The highest BCUT2D eigenvalue weighted by Crippen LogP contribution is 2.12. The molecule has 1 aromatic carbocycles. The second-order valence-electron chi connectivity index (χ2n) is 3.79. The predicted molar refractivity (Wildman–Crippen MR) is 54.7 cm³/mol. The van der Waals surface area contributed by atoms with Crippen LogP contribution in [-0.4, -0.2) is 19.1 Å². The molecule has 1 aromatic rings. The van der Waals surface area contributed by atoms with Gasteiger partial charge in [-0.15, -0.1) is 0 Å². The van der Waals surface area contributed by atoms with E-state index in [1.807, 2.05) is 0 Å². The molecule has 0 saturated carbocycles. The summed E-state index contributed by atoms with van der Waals surface area (Å²) < 4.78 is 12.6. The molecule has 0 radical (unpaired) electrons. The second-order valence-corrected chi connectivity index (χ2v) is 3.79. The third-order valence-corrected chi connectivity index (χ3v) is 2.65. The number of hydrogen-bond donors (Lipinski definition) is 2. The van der Waals surface area contributed by atoms with Gasteiger partial charge in [0.05, 0.1) is 13.1 Å². The minimum atomic E-state index is -0.174. The van der Waals surface area contributed by atoms with Crippen molar-refractivity contribution in [2.75, 3.05) is 18.4 Å². The molecule has 3 N–H and O–H groups in total. The van der Waals surface area contributed by atoms with Crippen molar-refractivity contribution in [3.05, 3.63) is 30.1 Å². The summed E-state index contributed by atoms with van der Waals surface area (Å²) in [7, 11) is 0. The van der Waals surface area contributed by atoms with Crippen molar-refractivity contribution in [1.82, 2.24) is 0 Å². The van der Waals surface area contributed by atoms with E-state index in [1.165, 1.54) is 38.1 Å². The molecule has 2 rings (SSSR count). The second kappa shape index (κ2) is 4.42. The zero-order valence-corrected chi connectivity index (χ0v) is 8.17. The van der Waals surface area contributed by atoms with Crippen molar-refractivity contribution in [3.63, 3.8) is 0 Å². The quantitative estimate of drug-likeness (QED) is 0.723. The summed E-state index contributed by atoms with van der Waals surface area (Å²) in [4.78, 5) is 0. The minimum Gasteiger partial charge on any atom is -0.382 e. The fraction of sp³-hybridized carbons (Fsp3) is 0.455. The van der Waals surface area contributed by atoms with Gasteiger partial charge < -0.3 is 10.6 Å². The summed E-state index contributed by atoms with van der Waals surface area (Å²) in [6, 6.07) is 7.15. The van der Waals surface area contributed by atoms with Crippen LogP contribution in [0.3, 0.4) is 0 Å². The highest BCUT2D eigenvalue weighted by molar-refractivity contribution is 5.43. The van der Waals surface area contributed by atoms with Gasteiger partial charge in [-0.25, -0.2) is 4.39 Å². The van der Waals surface area contributed by atoms with Gasteiger partial charge in [-0.1, -0.05) is 0 Å². The SMILES string of the molecule is Fc1ccc(NC2CC[NH2+]CC2)cc1. The Morgan fingerprint density at radius 1 is 1.14 bits per heavy atom. The Morgan fingerprint density at radius 3 is 2.43 bits per heavy atom. The molecule has 1 aliphatic rings. The molecule has 1 heterocycles. The van der Waals surface area contributed by atoms with Gasteiger partial charge in [-0.2, -0.15) is 0 Å². The van der Waals surface area contributed by atoms with Crippen LogP contribution in [0.5, 0.6) is 0 Å². The van der Waals surface area contributed by atoms with Gasteiger partial charge in [0.25, 0.3) is 0 Å². The molecule has 1 aliphatic heterocycles. The molecule has 1 fully saturated rings. The fourth-order valence-electron chi connectivity index (χ4n) is 1.85. The zero-order chi connectivity index (χ0) is 9.80. The lowest BCUT2D eigenvalue weighted by Crippen LogP contribution is -2.87. The van der Waals surface area contributed by atoms with Crippen LogP contribution >= 0.6 is 0 Å². The van der Waals surface area contributed by atoms with Gasteiger partial charge in [0.2, 0.25) is 0 Å². The van der Waals surface area contributed by atoms with Crippen molar-refractivity contribution in [2.24, 2.45) is 0 Å². The van der Waals surface area contributed by atoms with E-state index in [9.17, 15) is 4.39 Å². The van der Waals surface area contributed by atoms with E-state index in [0.29, 0.717) is 6.04 Å². The Balaban J connectivity index is 1.92. The standard InChI is InChI=1S/C11H15FN2/c12-9-1-3-10(4-2-9)14-11-5-7-13-8-6-11/h1-4,11,13-14H,5-8H2/p+1. The summed E-state index contributed by atoms with van der Waals surface area (Å²) in [6.07, 6.45) is 2.38. The van der Waals surface area contributed by atoms with Gasteiger partial charge in [-0.3, -0.25) is 0 Å². The normalized spacial score (nSPS) is 18.1. The van der Waals surface area contributed by atoms with E-state index in [1.54, 1.807) is 12.1 Å². The largest absolute Gasteiger partial charge is 0.382 e. The third kappa shape index (κ3) is 2.45. The molecule has 0 amide bonds. The number of nitrogens with two attached hydrogens (primary N) is 1. The lowest BCUT2D eigenvalue weighted by Gasteiger charge is -2.22.